The van der Waals surface area contributed by atoms with Gasteiger partial charge in [-0.3, -0.25) is 0 Å². The van der Waals surface area contributed by atoms with Gasteiger partial charge in [-0.05, 0) is 160 Å². The van der Waals surface area contributed by atoms with Crippen molar-refractivity contribution in [1.29, 1.82) is 0 Å². The van der Waals surface area contributed by atoms with E-state index in [0.29, 0.717) is 79.3 Å². The molecule has 0 spiro atoms. The lowest BCUT2D eigenvalue weighted by atomic mass is 9.79. The van der Waals surface area contributed by atoms with Gasteiger partial charge in [0.05, 0.1) is 56.4 Å². The summed E-state index contributed by atoms with van der Waals surface area (Å²) in [6.45, 7) is 20.7. The third-order valence-corrected chi connectivity index (χ3v) is 15.7. The van der Waals surface area contributed by atoms with E-state index in [1.807, 2.05) is 97.1 Å². The van der Waals surface area contributed by atoms with Crippen LogP contribution < -0.4 is 18.9 Å². The highest BCUT2D eigenvalue weighted by Gasteiger charge is 2.32. The molecule has 84 heavy (non-hydrogen) atoms. The Labute approximate surface area is 523 Å². The summed E-state index contributed by atoms with van der Waals surface area (Å²) in [5, 5.41) is 0. The fourth-order valence-electron chi connectivity index (χ4n) is 9.68. The molecule has 1 aliphatic rings. The van der Waals surface area contributed by atoms with Crippen molar-refractivity contribution in [3.05, 3.63) is 289 Å². The van der Waals surface area contributed by atoms with E-state index in [2.05, 4.69) is 193 Å². The van der Waals surface area contributed by atoms with Crippen LogP contribution in [0.5, 0.6) is 23.0 Å². The van der Waals surface area contributed by atoms with Crippen LogP contribution in [0.1, 0.15) is 67.1 Å². The van der Waals surface area contributed by atoms with Crippen molar-refractivity contribution in [2.75, 3.05) is 52.9 Å². The largest absolute Gasteiger partial charge is 0.491 e. The van der Waals surface area contributed by atoms with Gasteiger partial charge in [0, 0.05) is 26.5 Å². The molecule has 2 atom stereocenters. The second-order valence-electron chi connectivity index (χ2n) is 20.0. The fraction of sp³-hybridized carbons (Fsp3) is 0.189. The first-order chi connectivity index (χ1) is 41.2. The second-order valence-corrected chi connectivity index (χ2v) is 22.4. The van der Waals surface area contributed by atoms with Gasteiger partial charge >= 0.3 is 0 Å². The molecule has 0 radical (unpaired) electrons. The maximum Gasteiger partial charge on any atom is 0.136 e. The molecule has 8 aromatic carbocycles. The summed E-state index contributed by atoms with van der Waals surface area (Å²) >= 11 is 4.84. The predicted molar refractivity (Wildman–Crippen MR) is 359 cm³/mol. The summed E-state index contributed by atoms with van der Waals surface area (Å²) in [6.07, 6.45) is 14.2. The standard InChI is InChI=1S/C74H70I2O8/c1-5-53-9-17-57(18-10-53)49-77-37-41-81-67-32-27-61(28-33-67)63-25-26-65(45-63)73(70-47-66(75)48-71(76)74(70)84-44-40-80-52-60-23-15-56(8-4)16-24-60)69-46-64(31-36-72(69)83-43-39-79-51-59-21-13-55(7-3)14-22-59)62-29-34-68(35-30-62)82-42-38-78-50-58-19-11-54(6-2)12-20-58/h5-36,45-48,65,73H,1-4,37-44,49-52H2. The molecular weight excluding hydrogens is 1270 g/mol. The van der Waals surface area contributed by atoms with Gasteiger partial charge in [-0.15, -0.1) is 0 Å². The van der Waals surface area contributed by atoms with Gasteiger partial charge in [-0.1, -0.05) is 196 Å². The molecule has 0 aliphatic heterocycles. The molecule has 0 heterocycles. The van der Waals surface area contributed by atoms with Crippen molar-refractivity contribution in [2.45, 2.75) is 32.3 Å². The van der Waals surface area contributed by atoms with Crippen molar-refractivity contribution in [2.24, 2.45) is 5.92 Å². The Kier molecular flexibility index (Phi) is 23.4. The Balaban J connectivity index is 0.976. The second kappa shape index (κ2) is 32.1. The topological polar surface area (TPSA) is 73.8 Å². The molecule has 9 rings (SSSR count). The molecule has 8 nitrogen and oxygen atoms in total. The smallest absolute Gasteiger partial charge is 0.136 e. The van der Waals surface area contributed by atoms with Gasteiger partial charge in [0.2, 0.25) is 0 Å². The van der Waals surface area contributed by atoms with Gasteiger partial charge in [0.1, 0.15) is 49.4 Å². The molecule has 0 saturated carbocycles. The van der Waals surface area contributed by atoms with Crippen LogP contribution in [-0.4, -0.2) is 52.9 Å². The van der Waals surface area contributed by atoms with Crippen LogP contribution in [0.2, 0.25) is 0 Å². The highest BCUT2D eigenvalue weighted by Crippen LogP contribution is 2.48. The van der Waals surface area contributed by atoms with Crippen molar-refractivity contribution in [1.82, 2.24) is 0 Å². The average Bonchev–Trinajstić information content (AvgIpc) is 3.87. The van der Waals surface area contributed by atoms with Gasteiger partial charge in [0.25, 0.3) is 0 Å². The van der Waals surface area contributed by atoms with Crippen LogP contribution >= 0.6 is 45.2 Å². The number of rotatable bonds is 33. The van der Waals surface area contributed by atoms with Gasteiger partial charge in [0.15, 0.2) is 0 Å². The molecule has 2 unspecified atom stereocenters. The Hall–Kier alpha value is -7.30. The summed E-state index contributed by atoms with van der Waals surface area (Å²) in [4.78, 5) is 0. The van der Waals surface area contributed by atoms with Crippen LogP contribution in [0.25, 0.3) is 41.0 Å². The molecule has 10 heteroatoms. The first-order valence-electron chi connectivity index (χ1n) is 28.2. The van der Waals surface area contributed by atoms with Crippen molar-refractivity contribution in [3.63, 3.8) is 0 Å². The van der Waals surface area contributed by atoms with Crippen molar-refractivity contribution in [3.8, 4) is 34.1 Å². The Morgan fingerprint density at radius 2 is 0.798 bits per heavy atom. The molecule has 0 saturated heterocycles. The predicted octanol–water partition coefficient (Wildman–Crippen LogP) is 17.9. The van der Waals surface area contributed by atoms with E-state index < -0.39 is 0 Å². The van der Waals surface area contributed by atoms with Gasteiger partial charge in [-0.2, -0.15) is 0 Å². The zero-order chi connectivity index (χ0) is 58.3. The van der Waals surface area contributed by atoms with E-state index in [1.165, 1.54) is 0 Å². The lowest BCUT2D eigenvalue weighted by molar-refractivity contribution is 0.0878. The van der Waals surface area contributed by atoms with Gasteiger partial charge < -0.3 is 37.9 Å². The molecule has 0 amide bonds. The summed E-state index contributed by atoms with van der Waals surface area (Å²) in [6, 6.07) is 60.3. The molecular formula is C74H70I2O8. The normalized spacial score (nSPS) is 13.0. The molecule has 0 N–H and O–H groups in total. The minimum atomic E-state index is -0.259. The molecule has 428 valence electrons. The van der Waals surface area contributed by atoms with Crippen LogP contribution in [0.3, 0.4) is 0 Å². The quantitative estimate of drug-likeness (QED) is 0.0298. The maximum atomic E-state index is 6.87. The number of benzene rings is 8. The first-order valence-corrected chi connectivity index (χ1v) is 30.3. The summed E-state index contributed by atoms with van der Waals surface area (Å²) in [5.41, 5.74) is 15.0. The number of hydrogen-bond acceptors (Lipinski definition) is 8. The highest BCUT2D eigenvalue weighted by atomic mass is 127. The van der Waals surface area contributed by atoms with Crippen LogP contribution in [-0.2, 0) is 45.4 Å². The lowest BCUT2D eigenvalue weighted by Crippen LogP contribution is -2.17. The van der Waals surface area contributed by atoms with Crippen LogP contribution in [0, 0.1) is 13.1 Å². The maximum absolute atomic E-state index is 6.87. The minimum Gasteiger partial charge on any atom is -0.491 e. The number of halogens is 2. The Bertz CT molecular complexity index is 3480. The molecule has 0 fully saturated rings. The minimum absolute atomic E-state index is 0.107. The third-order valence-electron chi connectivity index (χ3n) is 14.2. The summed E-state index contributed by atoms with van der Waals surface area (Å²) in [7, 11) is 0. The van der Waals surface area contributed by atoms with Crippen LogP contribution in [0.4, 0.5) is 0 Å². The van der Waals surface area contributed by atoms with E-state index in [1.54, 1.807) is 0 Å². The van der Waals surface area contributed by atoms with E-state index in [-0.39, 0.29) is 11.8 Å². The molecule has 0 bridgehead atoms. The molecule has 0 aromatic heterocycles. The zero-order valence-electron chi connectivity index (χ0n) is 47.3. The summed E-state index contributed by atoms with van der Waals surface area (Å²) in [5.74, 6) is 2.75. The third kappa shape index (κ3) is 17.9. The Morgan fingerprint density at radius 3 is 1.24 bits per heavy atom. The number of allylic oxidation sites excluding steroid dienone is 4. The summed E-state index contributed by atoms with van der Waals surface area (Å²) < 4.78 is 52.4. The van der Waals surface area contributed by atoms with E-state index in [4.69, 9.17) is 37.9 Å². The van der Waals surface area contributed by atoms with E-state index in [0.717, 1.165) is 108 Å². The van der Waals surface area contributed by atoms with E-state index >= 15 is 0 Å². The van der Waals surface area contributed by atoms with Crippen molar-refractivity contribution >= 4 is 75.1 Å². The molecule has 1 aliphatic carbocycles. The first kappa shape index (κ1) is 61.3. The Morgan fingerprint density at radius 1 is 0.393 bits per heavy atom. The highest BCUT2D eigenvalue weighted by molar-refractivity contribution is 14.1. The fourth-order valence-corrected chi connectivity index (χ4v) is 11.7. The van der Waals surface area contributed by atoms with E-state index in [9.17, 15) is 0 Å². The van der Waals surface area contributed by atoms with Crippen molar-refractivity contribution < 1.29 is 37.9 Å². The zero-order valence-corrected chi connectivity index (χ0v) is 51.6. The number of hydrogen-bond donors (Lipinski definition) is 0. The SMILES string of the molecule is C=Cc1ccc(COCCOc2ccc(C3=CC(C(c4cc(-c5ccc(OCCOCc6ccc(C=C)cc6)cc5)ccc4OCCOCc4ccc(C=C)cc4)c4cc(I)cc(I)c4OCCOCc4ccc(C=C)cc4)C=C3)cc2)cc1. The lowest BCUT2D eigenvalue weighted by Gasteiger charge is -2.28. The number of ether oxygens (including phenoxy) is 8. The van der Waals surface area contributed by atoms with Gasteiger partial charge in [-0.25, -0.2) is 0 Å². The monoisotopic (exact) mass is 1340 g/mol. The average molecular weight is 1340 g/mol. The van der Waals surface area contributed by atoms with Crippen LogP contribution in [0.15, 0.2) is 220 Å². The molecule has 8 aromatic rings.